The number of hydrogen-bond acceptors (Lipinski definition) is 5. The summed E-state index contributed by atoms with van der Waals surface area (Å²) in [6, 6.07) is 11.7. The van der Waals surface area contributed by atoms with Crippen molar-refractivity contribution in [1.29, 1.82) is 0 Å². The third kappa shape index (κ3) is 6.96. The zero-order valence-electron chi connectivity index (χ0n) is 18.0. The van der Waals surface area contributed by atoms with E-state index >= 15 is 0 Å². The number of halogens is 3. The molecule has 0 spiro atoms. The van der Waals surface area contributed by atoms with Gasteiger partial charge in [0.1, 0.15) is 12.4 Å². The third-order valence-corrected chi connectivity index (χ3v) is 4.96. The zero-order chi connectivity index (χ0) is 23.8. The monoisotopic (exact) mass is 463 g/mol. The van der Waals surface area contributed by atoms with Crippen LogP contribution in [0.1, 0.15) is 30.0 Å². The minimum Gasteiger partial charge on any atom is -0.484 e. The molecule has 1 heterocycles. The van der Waals surface area contributed by atoms with Crippen molar-refractivity contribution in [3.8, 4) is 5.75 Å². The molecule has 0 aliphatic carbocycles. The van der Waals surface area contributed by atoms with Crippen LogP contribution in [0.15, 0.2) is 53.7 Å². The average molecular weight is 463 g/mol. The number of nitrogens with zero attached hydrogens (tertiary/aromatic N) is 2. The second-order valence-electron chi connectivity index (χ2n) is 7.34. The molecule has 0 atom stereocenters. The molecule has 1 aliphatic rings. The summed E-state index contributed by atoms with van der Waals surface area (Å²) in [5.74, 6) is 0.0435. The van der Waals surface area contributed by atoms with Gasteiger partial charge in [-0.2, -0.15) is 13.2 Å². The predicted molar refractivity (Wildman–Crippen MR) is 115 cm³/mol. The molecule has 2 amide bonds. The van der Waals surface area contributed by atoms with Crippen molar-refractivity contribution in [3.63, 3.8) is 0 Å². The molecular weight excluding hydrogens is 439 g/mol. The van der Waals surface area contributed by atoms with Crippen molar-refractivity contribution in [2.75, 3.05) is 26.2 Å². The lowest BCUT2D eigenvalue weighted by molar-refractivity contribution is -0.139. The largest absolute Gasteiger partial charge is 0.484 e. The molecule has 7 nitrogen and oxygen atoms in total. The van der Waals surface area contributed by atoms with E-state index in [4.69, 9.17) is 9.57 Å². The first-order chi connectivity index (χ1) is 15.8. The molecule has 2 aromatic carbocycles. The van der Waals surface area contributed by atoms with E-state index in [0.29, 0.717) is 36.5 Å². The molecule has 3 rings (SSSR count). The number of rotatable bonds is 8. The lowest BCUT2D eigenvalue weighted by Crippen LogP contribution is -2.51. The first-order valence-corrected chi connectivity index (χ1v) is 10.4. The first-order valence-electron chi connectivity index (χ1n) is 10.4. The Morgan fingerprint density at radius 3 is 2.42 bits per heavy atom. The second-order valence-corrected chi connectivity index (χ2v) is 7.34. The molecule has 33 heavy (non-hydrogen) atoms. The Morgan fingerprint density at radius 2 is 1.82 bits per heavy atom. The minimum atomic E-state index is -4.37. The Morgan fingerprint density at radius 1 is 1.12 bits per heavy atom. The molecule has 0 aromatic heterocycles. The van der Waals surface area contributed by atoms with Crippen LogP contribution >= 0.6 is 0 Å². The van der Waals surface area contributed by atoms with E-state index in [9.17, 15) is 22.8 Å². The Kier molecular flexibility index (Phi) is 7.92. The number of ether oxygens (including phenoxy) is 1. The van der Waals surface area contributed by atoms with Gasteiger partial charge in [-0.1, -0.05) is 24.2 Å². The van der Waals surface area contributed by atoms with Crippen LogP contribution in [-0.4, -0.2) is 48.7 Å². The normalized spacial score (nSPS) is 14.6. The maximum absolute atomic E-state index is 12.6. The van der Waals surface area contributed by atoms with Crippen LogP contribution in [0.25, 0.3) is 0 Å². The van der Waals surface area contributed by atoms with Gasteiger partial charge in [0.05, 0.1) is 17.8 Å². The highest BCUT2D eigenvalue weighted by atomic mass is 19.4. The molecule has 0 radical (unpaired) electrons. The topological polar surface area (TPSA) is 80.2 Å². The van der Waals surface area contributed by atoms with Crippen molar-refractivity contribution in [1.82, 2.24) is 10.2 Å². The number of piperazine rings is 1. The Balaban J connectivity index is 1.52. The molecule has 1 N–H and O–H groups in total. The van der Waals surface area contributed by atoms with Crippen LogP contribution in [0.2, 0.25) is 0 Å². The second kappa shape index (κ2) is 10.8. The van der Waals surface area contributed by atoms with E-state index in [0.717, 1.165) is 17.7 Å². The third-order valence-electron chi connectivity index (χ3n) is 4.96. The smallest absolute Gasteiger partial charge is 0.416 e. The summed E-state index contributed by atoms with van der Waals surface area (Å²) >= 11 is 0. The Hall–Kier alpha value is -3.56. The first kappa shape index (κ1) is 24.1. The van der Waals surface area contributed by atoms with Crippen molar-refractivity contribution >= 4 is 17.5 Å². The average Bonchev–Trinajstić information content (AvgIpc) is 2.80. The maximum Gasteiger partial charge on any atom is 0.416 e. The van der Waals surface area contributed by atoms with Crippen molar-refractivity contribution in [2.24, 2.45) is 5.16 Å². The molecular formula is C23H24F3N3O4. The number of benzene rings is 2. The van der Waals surface area contributed by atoms with Crippen molar-refractivity contribution < 1.29 is 32.3 Å². The fraction of sp³-hybridized carbons (Fsp3) is 0.348. The molecule has 0 bridgehead atoms. The predicted octanol–water partition coefficient (Wildman–Crippen LogP) is 3.37. The van der Waals surface area contributed by atoms with Gasteiger partial charge in [0.15, 0.2) is 6.61 Å². The fourth-order valence-corrected chi connectivity index (χ4v) is 3.13. The van der Waals surface area contributed by atoms with Gasteiger partial charge >= 0.3 is 6.18 Å². The molecule has 10 heteroatoms. The summed E-state index contributed by atoms with van der Waals surface area (Å²) in [6.45, 7) is 2.69. The summed E-state index contributed by atoms with van der Waals surface area (Å²) < 4.78 is 43.4. The van der Waals surface area contributed by atoms with Crippen molar-refractivity contribution in [2.45, 2.75) is 26.1 Å². The number of nitrogens with one attached hydrogen (secondary N) is 1. The summed E-state index contributed by atoms with van der Waals surface area (Å²) in [5, 5.41) is 6.76. The van der Waals surface area contributed by atoms with Gasteiger partial charge in [-0.3, -0.25) is 9.59 Å². The molecule has 176 valence electrons. The lowest BCUT2D eigenvalue weighted by Gasteiger charge is -2.26. The zero-order valence-corrected chi connectivity index (χ0v) is 18.0. The number of hydrogen-bond donors (Lipinski definition) is 1. The van der Waals surface area contributed by atoms with Crippen LogP contribution in [0.5, 0.6) is 5.75 Å². The van der Waals surface area contributed by atoms with E-state index in [-0.39, 0.29) is 31.6 Å². The van der Waals surface area contributed by atoms with E-state index in [1.807, 2.05) is 6.92 Å². The van der Waals surface area contributed by atoms with Gasteiger partial charge in [0, 0.05) is 13.1 Å². The standard InChI is InChI=1S/C23H24F3N3O4/c1-2-20(28-33-14-16-3-7-18(8-4-16)23(24,25)26)17-5-9-19(10-6-17)32-15-22(31)29-12-11-27-21(30)13-29/h3-10H,2,11-15H2,1H3,(H,27,30)/b28-20+. The molecule has 1 saturated heterocycles. The number of amides is 2. The van der Waals surface area contributed by atoms with Crippen LogP contribution in [0.3, 0.4) is 0 Å². The van der Waals surface area contributed by atoms with E-state index in [1.54, 1.807) is 24.3 Å². The van der Waals surface area contributed by atoms with Crippen molar-refractivity contribution in [3.05, 3.63) is 65.2 Å². The molecule has 1 aliphatic heterocycles. The van der Waals surface area contributed by atoms with Gasteiger partial charge in [0.25, 0.3) is 5.91 Å². The summed E-state index contributed by atoms with van der Waals surface area (Å²) in [6.07, 6.45) is -3.80. The lowest BCUT2D eigenvalue weighted by atomic mass is 10.1. The highest BCUT2D eigenvalue weighted by Gasteiger charge is 2.29. The van der Waals surface area contributed by atoms with Crippen LogP contribution < -0.4 is 10.1 Å². The highest BCUT2D eigenvalue weighted by molar-refractivity contribution is 6.00. The van der Waals surface area contributed by atoms with Gasteiger partial charge in [0.2, 0.25) is 5.91 Å². The van der Waals surface area contributed by atoms with Gasteiger partial charge in [-0.05, 0) is 53.9 Å². The van der Waals surface area contributed by atoms with Gasteiger partial charge in [-0.15, -0.1) is 0 Å². The number of alkyl halides is 3. The van der Waals surface area contributed by atoms with E-state index in [2.05, 4.69) is 10.5 Å². The SMILES string of the molecule is CC/C(=N\OCc1ccc(C(F)(F)F)cc1)c1ccc(OCC(=O)N2CCNC(=O)C2)cc1. The van der Waals surface area contributed by atoms with E-state index in [1.165, 1.54) is 17.0 Å². The molecule has 0 unspecified atom stereocenters. The van der Waals surface area contributed by atoms with Crippen LogP contribution in [0.4, 0.5) is 13.2 Å². The summed E-state index contributed by atoms with van der Waals surface area (Å²) in [7, 11) is 0. The fourth-order valence-electron chi connectivity index (χ4n) is 3.13. The molecule has 2 aromatic rings. The summed E-state index contributed by atoms with van der Waals surface area (Å²) in [5.41, 5.74) is 1.30. The number of carbonyl (C=O) groups is 2. The molecule has 1 fully saturated rings. The minimum absolute atomic E-state index is 0.0317. The van der Waals surface area contributed by atoms with Gasteiger partial charge < -0.3 is 19.8 Å². The van der Waals surface area contributed by atoms with Crippen LogP contribution in [-0.2, 0) is 27.2 Å². The summed E-state index contributed by atoms with van der Waals surface area (Å²) in [4.78, 5) is 30.3. The van der Waals surface area contributed by atoms with Gasteiger partial charge in [-0.25, -0.2) is 0 Å². The van der Waals surface area contributed by atoms with Crippen LogP contribution in [0, 0.1) is 0 Å². The Labute approximate surface area is 189 Å². The highest BCUT2D eigenvalue weighted by Crippen LogP contribution is 2.29. The number of oxime groups is 1. The van der Waals surface area contributed by atoms with E-state index < -0.39 is 11.7 Å². The quantitative estimate of drug-likeness (QED) is 0.481. The Bertz CT molecular complexity index is 990. The molecule has 0 saturated carbocycles. The maximum atomic E-state index is 12.6. The number of carbonyl (C=O) groups excluding carboxylic acids is 2.